The number of rotatable bonds is 7. The summed E-state index contributed by atoms with van der Waals surface area (Å²) in [4.78, 5) is 25.4. The summed E-state index contributed by atoms with van der Waals surface area (Å²) in [5, 5.41) is 4.87. The third-order valence-electron chi connectivity index (χ3n) is 3.15. The highest BCUT2D eigenvalue weighted by atomic mass is 16.2. The zero-order valence-electron chi connectivity index (χ0n) is 12.6. The molecule has 21 heavy (non-hydrogen) atoms. The van der Waals surface area contributed by atoms with Gasteiger partial charge in [-0.3, -0.25) is 15.0 Å². The quantitative estimate of drug-likeness (QED) is 0.690. The molecule has 0 spiro atoms. The second-order valence-electron chi connectivity index (χ2n) is 4.77. The van der Waals surface area contributed by atoms with Crippen molar-refractivity contribution in [3.63, 3.8) is 0 Å². The van der Waals surface area contributed by atoms with Crippen LogP contribution in [0.5, 0.6) is 0 Å². The fourth-order valence-electron chi connectivity index (χ4n) is 1.98. The Morgan fingerprint density at radius 2 is 1.95 bits per heavy atom. The average Bonchev–Trinajstić information content (AvgIpc) is 2.47. The lowest BCUT2D eigenvalue weighted by Crippen LogP contribution is -2.50. The molecule has 0 aliphatic rings. The summed E-state index contributed by atoms with van der Waals surface area (Å²) < 4.78 is 0. The van der Waals surface area contributed by atoms with E-state index in [0.29, 0.717) is 26.2 Å². The van der Waals surface area contributed by atoms with Gasteiger partial charge in [-0.05, 0) is 19.4 Å². The third-order valence-corrected chi connectivity index (χ3v) is 3.15. The number of amides is 3. The van der Waals surface area contributed by atoms with Crippen molar-refractivity contribution in [2.24, 2.45) is 5.73 Å². The van der Waals surface area contributed by atoms with Gasteiger partial charge in [0.05, 0.1) is 6.04 Å². The Bertz CT molecular complexity index is 450. The summed E-state index contributed by atoms with van der Waals surface area (Å²) >= 11 is 0. The lowest BCUT2D eigenvalue weighted by Gasteiger charge is -2.27. The van der Waals surface area contributed by atoms with Crippen molar-refractivity contribution in [2.45, 2.75) is 26.4 Å². The molecule has 6 heteroatoms. The summed E-state index contributed by atoms with van der Waals surface area (Å²) in [6.45, 7) is 5.69. The van der Waals surface area contributed by atoms with Gasteiger partial charge in [0, 0.05) is 26.2 Å². The van der Waals surface area contributed by atoms with Crippen LogP contribution in [0.1, 0.15) is 19.4 Å². The summed E-state index contributed by atoms with van der Waals surface area (Å²) in [5.74, 6) is -0.328. The SMILES string of the molecule is CCNC(=O)NC(=O)C(C)N(CCN)Cc1ccccc1. The van der Waals surface area contributed by atoms with Crippen molar-refractivity contribution in [2.75, 3.05) is 19.6 Å². The highest BCUT2D eigenvalue weighted by Crippen LogP contribution is 2.08. The number of carbonyl (C=O) groups excluding carboxylic acids is 2. The molecule has 0 saturated heterocycles. The molecule has 0 aliphatic carbocycles. The second kappa shape index (κ2) is 9.10. The lowest BCUT2D eigenvalue weighted by atomic mass is 10.1. The zero-order chi connectivity index (χ0) is 15.7. The maximum Gasteiger partial charge on any atom is 0.321 e. The number of carbonyl (C=O) groups is 2. The first-order chi connectivity index (χ1) is 10.1. The molecule has 1 rings (SSSR count). The molecule has 6 nitrogen and oxygen atoms in total. The number of hydrogen-bond acceptors (Lipinski definition) is 4. The fraction of sp³-hybridized carbons (Fsp3) is 0.467. The molecule has 0 saturated carbocycles. The van der Waals surface area contributed by atoms with Crippen LogP contribution in [0.25, 0.3) is 0 Å². The van der Waals surface area contributed by atoms with Crippen molar-refractivity contribution < 1.29 is 9.59 Å². The fourth-order valence-corrected chi connectivity index (χ4v) is 1.98. The minimum absolute atomic E-state index is 0.328. The third kappa shape index (κ3) is 5.93. The lowest BCUT2D eigenvalue weighted by molar-refractivity contribution is -0.124. The highest BCUT2D eigenvalue weighted by Gasteiger charge is 2.22. The van der Waals surface area contributed by atoms with Gasteiger partial charge in [0.15, 0.2) is 0 Å². The van der Waals surface area contributed by atoms with E-state index in [1.165, 1.54) is 0 Å². The van der Waals surface area contributed by atoms with Crippen molar-refractivity contribution in [3.05, 3.63) is 35.9 Å². The Balaban J connectivity index is 2.66. The molecular weight excluding hydrogens is 268 g/mol. The Morgan fingerprint density at radius 3 is 2.52 bits per heavy atom. The Labute approximate surface area is 125 Å². The van der Waals surface area contributed by atoms with E-state index in [-0.39, 0.29) is 5.91 Å². The molecule has 1 aromatic carbocycles. The first-order valence-corrected chi connectivity index (χ1v) is 7.15. The maximum atomic E-state index is 12.1. The van der Waals surface area contributed by atoms with Crippen molar-refractivity contribution in [3.8, 4) is 0 Å². The topological polar surface area (TPSA) is 87.5 Å². The van der Waals surface area contributed by atoms with Crippen LogP contribution in [0.2, 0.25) is 0 Å². The van der Waals surface area contributed by atoms with Crippen LogP contribution in [0.15, 0.2) is 30.3 Å². The van der Waals surface area contributed by atoms with Crippen molar-refractivity contribution in [1.82, 2.24) is 15.5 Å². The first-order valence-electron chi connectivity index (χ1n) is 7.15. The van der Waals surface area contributed by atoms with E-state index in [2.05, 4.69) is 10.6 Å². The number of urea groups is 1. The maximum absolute atomic E-state index is 12.1. The van der Waals surface area contributed by atoms with Crippen LogP contribution >= 0.6 is 0 Å². The monoisotopic (exact) mass is 292 g/mol. The summed E-state index contributed by atoms with van der Waals surface area (Å²) in [6, 6.07) is 8.95. The molecule has 4 N–H and O–H groups in total. The van der Waals surface area contributed by atoms with Gasteiger partial charge in [-0.1, -0.05) is 30.3 Å². The predicted molar refractivity (Wildman–Crippen MR) is 82.6 cm³/mol. The second-order valence-corrected chi connectivity index (χ2v) is 4.77. The molecule has 1 atom stereocenters. The van der Waals surface area contributed by atoms with Crippen molar-refractivity contribution >= 4 is 11.9 Å². The largest absolute Gasteiger partial charge is 0.338 e. The minimum Gasteiger partial charge on any atom is -0.338 e. The molecule has 0 aliphatic heterocycles. The number of imide groups is 1. The molecular formula is C15H24N4O2. The number of benzene rings is 1. The van der Waals surface area contributed by atoms with E-state index >= 15 is 0 Å². The van der Waals surface area contributed by atoms with E-state index in [4.69, 9.17) is 5.73 Å². The van der Waals surface area contributed by atoms with E-state index < -0.39 is 12.1 Å². The van der Waals surface area contributed by atoms with E-state index in [0.717, 1.165) is 5.56 Å². The van der Waals surface area contributed by atoms with Crippen LogP contribution in [0.3, 0.4) is 0 Å². The minimum atomic E-state index is -0.471. The van der Waals surface area contributed by atoms with Crippen LogP contribution in [0, 0.1) is 0 Å². The van der Waals surface area contributed by atoms with Gasteiger partial charge in [0.2, 0.25) is 5.91 Å². The van der Waals surface area contributed by atoms with Gasteiger partial charge in [0.1, 0.15) is 0 Å². The Morgan fingerprint density at radius 1 is 1.29 bits per heavy atom. The van der Waals surface area contributed by atoms with Gasteiger partial charge in [-0.2, -0.15) is 0 Å². The summed E-state index contributed by atoms with van der Waals surface area (Å²) in [5.41, 5.74) is 6.72. The van der Waals surface area contributed by atoms with Crippen LogP contribution in [-0.2, 0) is 11.3 Å². The van der Waals surface area contributed by atoms with E-state index in [9.17, 15) is 9.59 Å². The van der Waals surface area contributed by atoms with E-state index in [1.807, 2.05) is 35.2 Å². The standard InChI is InChI=1S/C15H24N4O2/c1-3-17-15(21)18-14(20)12(2)19(10-9-16)11-13-7-5-4-6-8-13/h4-8,12H,3,9-11,16H2,1-2H3,(H2,17,18,20,21). The summed E-state index contributed by atoms with van der Waals surface area (Å²) in [6.07, 6.45) is 0. The van der Waals surface area contributed by atoms with Gasteiger partial charge >= 0.3 is 6.03 Å². The normalized spacial score (nSPS) is 12.0. The summed E-state index contributed by atoms with van der Waals surface area (Å²) in [7, 11) is 0. The zero-order valence-corrected chi connectivity index (χ0v) is 12.6. The van der Waals surface area contributed by atoms with Crippen LogP contribution in [-0.4, -0.2) is 42.5 Å². The Kier molecular flexibility index (Phi) is 7.42. The van der Waals surface area contributed by atoms with Crippen LogP contribution < -0.4 is 16.4 Å². The van der Waals surface area contributed by atoms with Gasteiger partial charge in [-0.15, -0.1) is 0 Å². The molecule has 0 heterocycles. The molecule has 3 amide bonds. The first kappa shape index (κ1) is 17.1. The predicted octanol–water partition coefficient (Wildman–Crippen LogP) is 0.682. The molecule has 116 valence electrons. The number of hydrogen-bond donors (Lipinski definition) is 3. The highest BCUT2D eigenvalue weighted by molar-refractivity contribution is 5.96. The number of nitrogens with zero attached hydrogens (tertiary/aromatic N) is 1. The molecule has 0 aromatic heterocycles. The van der Waals surface area contributed by atoms with Gasteiger partial charge in [0.25, 0.3) is 0 Å². The molecule has 0 fully saturated rings. The van der Waals surface area contributed by atoms with Crippen molar-refractivity contribution in [1.29, 1.82) is 0 Å². The molecule has 1 unspecified atom stereocenters. The van der Waals surface area contributed by atoms with Gasteiger partial charge in [-0.25, -0.2) is 4.79 Å². The van der Waals surface area contributed by atoms with Crippen LogP contribution in [0.4, 0.5) is 4.79 Å². The average molecular weight is 292 g/mol. The number of nitrogens with one attached hydrogen (secondary N) is 2. The smallest absolute Gasteiger partial charge is 0.321 e. The molecule has 0 bridgehead atoms. The molecule has 1 aromatic rings. The van der Waals surface area contributed by atoms with Gasteiger partial charge < -0.3 is 11.1 Å². The van der Waals surface area contributed by atoms with E-state index in [1.54, 1.807) is 13.8 Å². The molecule has 0 radical (unpaired) electrons. The Hall–Kier alpha value is -1.92. The number of nitrogens with two attached hydrogens (primary N) is 1.